The van der Waals surface area contributed by atoms with Gasteiger partial charge in [0, 0.05) is 23.4 Å². The summed E-state index contributed by atoms with van der Waals surface area (Å²) in [5.41, 5.74) is 0.912. The molecule has 0 spiro atoms. The number of hydrogen-bond donors (Lipinski definition) is 2. The molecular weight excluding hydrogens is 326 g/mol. The number of nitrogens with one attached hydrogen (secondary N) is 2. The van der Waals surface area contributed by atoms with E-state index in [9.17, 15) is 14.9 Å². The molecule has 0 unspecified atom stereocenters. The van der Waals surface area contributed by atoms with Crippen molar-refractivity contribution < 1.29 is 14.1 Å². The van der Waals surface area contributed by atoms with E-state index < -0.39 is 4.92 Å². The molecule has 9 heteroatoms. The zero-order valence-electron chi connectivity index (χ0n) is 12.9. The highest BCUT2D eigenvalue weighted by atomic mass is 16.6. The van der Waals surface area contributed by atoms with Gasteiger partial charge >= 0.3 is 6.01 Å². The molecule has 126 valence electrons. The van der Waals surface area contributed by atoms with E-state index >= 15 is 0 Å². The first kappa shape index (κ1) is 16.1. The van der Waals surface area contributed by atoms with Crippen molar-refractivity contribution in [3.63, 3.8) is 0 Å². The minimum Gasteiger partial charge on any atom is -0.406 e. The molecule has 0 radical (unpaired) electrons. The van der Waals surface area contributed by atoms with Gasteiger partial charge < -0.3 is 15.1 Å². The monoisotopic (exact) mass is 339 g/mol. The molecule has 3 aromatic rings. The summed E-state index contributed by atoms with van der Waals surface area (Å²) in [7, 11) is 0. The van der Waals surface area contributed by atoms with Crippen molar-refractivity contribution in [1.29, 1.82) is 0 Å². The number of amides is 1. The Morgan fingerprint density at radius 1 is 1.12 bits per heavy atom. The first-order valence-corrected chi connectivity index (χ1v) is 7.29. The van der Waals surface area contributed by atoms with Gasteiger partial charge in [0.1, 0.15) is 0 Å². The largest absolute Gasteiger partial charge is 0.406 e. The molecule has 2 N–H and O–H groups in total. The Hall–Kier alpha value is -3.75. The lowest BCUT2D eigenvalue weighted by molar-refractivity contribution is -0.384. The SMILES string of the molecule is O=C(NCc1nnc(Nc2cccc([N+](=O)[O-])c2)o1)c1ccccc1. The molecule has 0 aliphatic heterocycles. The van der Waals surface area contributed by atoms with Crippen LogP contribution >= 0.6 is 0 Å². The van der Waals surface area contributed by atoms with Crippen LogP contribution in [0.4, 0.5) is 17.4 Å². The van der Waals surface area contributed by atoms with Gasteiger partial charge in [0.05, 0.1) is 11.5 Å². The molecular formula is C16H13N5O4. The van der Waals surface area contributed by atoms with Crippen LogP contribution in [0.25, 0.3) is 0 Å². The van der Waals surface area contributed by atoms with Crippen LogP contribution in [-0.4, -0.2) is 21.0 Å². The Bertz CT molecular complexity index is 894. The number of nitrogens with zero attached hydrogens (tertiary/aromatic N) is 3. The Kier molecular flexibility index (Phi) is 4.65. The second-order valence-corrected chi connectivity index (χ2v) is 4.98. The maximum atomic E-state index is 11.9. The van der Waals surface area contributed by atoms with Crippen molar-refractivity contribution in [2.24, 2.45) is 0 Å². The number of anilines is 2. The molecule has 2 aromatic carbocycles. The molecule has 25 heavy (non-hydrogen) atoms. The number of benzene rings is 2. The molecule has 0 bridgehead atoms. The molecule has 0 aliphatic carbocycles. The van der Waals surface area contributed by atoms with Gasteiger partial charge in [0.2, 0.25) is 5.89 Å². The fraction of sp³-hybridized carbons (Fsp3) is 0.0625. The fourth-order valence-corrected chi connectivity index (χ4v) is 2.04. The Morgan fingerprint density at radius 3 is 2.68 bits per heavy atom. The van der Waals surface area contributed by atoms with Crippen LogP contribution in [0.5, 0.6) is 0 Å². The van der Waals surface area contributed by atoms with Gasteiger partial charge in [-0.3, -0.25) is 14.9 Å². The van der Waals surface area contributed by atoms with Gasteiger partial charge in [-0.2, -0.15) is 0 Å². The summed E-state index contributed by atoms with van der Waals surface area (Å²) in [6.07, 6.45) is 0. The number of nitro benzene ring substituents is 1. The molecule has 3 rings (SSSR count). The van der Waals surface area contributed by atoms with Gasteiger partial charge in [0.15, 0.2) is 0 Å². The smallest absolute Gasteiger partial charge is 0.320 e. The van der Waals surface area contributed by atoms with Gasteiger partial charge in [-0.05, 0) is 18.2 Å². The minimum atomic E-state index is -0.496. The summed E-state index contributed by atoms with van der Waals surface area (Å²) < 4.78 is 5.36. The lowest BCUT2D eigenvalue weighted by Gasteiger charge is -2.02. The van der Waals surface area contributed by atoms with E-state index in [1.807, 2.05) is 6.07 Å². The van der Waals surface area contributed by atoms with Crippen molar-refractivity contribution in [2.45, 2.75) is 6.54 Å². The van der Waals surface area contributed by atoms with E-state index in [1.54, 1.807) is 30.3 Å². The van der Waals surface area contributed by atoms with Gasteiger partial charge in [-0.25, -0.2) is 0 Å². The second kappa shape index (κ2) is 7.21. The summed E-state index contributed by atoms with van der Waals surface area (Å²) in [6.45, 7) is 0.0668. The van der Waals surface area contributed by atoms with E-state index in [2.05, 4.69) is 20.8 Å². The van der Waals surface area contributed by atoms with Crippen molar-refractivity contribution in [2.75, 3.05) is 5.32 Å². The third kappa shape index (κ3) is 4.16. The summed E-state index contributed by atoms with van der Waals surface area (Å²) in [4.78, 5) is 22.2. The zero-order chi connectivity index (χ0) is 17.6. The Balaban J connectivity index is 1.60. The molecule has 0 aliphatic rings. The van der Waals surface area contributed by atoms with E-state index in [0.29, 0.717) is 11.3 Å². The van der Waals surface area contributed by atoms with Crippen LogP contribution in [0, 0.1) is 10.1 Å². The highest BCUT2D eigenvalue weighted by Gasteiger charge is 2.11. The normalized spacial score (nSPS) is 10.2. The third-order valence-corrected chi connectivity index (χ3v) is 3.21. The highest BCUT2D eigenvalue weighted by molar-refractivity contribution is 5.93. The average molecular weight is 339 g/mol. The Morgan fingerprint density at radius 2 is 1.92 bits per heavy atom. The van der Waals surface area contributed by atoms with E-state index in [4.69, 9.17) is 4.42 Å². The van der Waals surface area contributed by atoms with Crippen molar-refractivity contribution >= 4 is 23.3 Å². The molecule has 0 saturated heterocycles. The first-order valence-electron chi connectivity index (χ1n) is 7.29. The van der Waals surface area contributed by atoms with Crippen LogP contribution in [0.1, 0.15) is 16.2 Å². The van der Waals surface area contributed by atoms with Crippen LogP contribution in [0.15, 0.2) is 59.0 Å². The topological polar surface area (TPSA) is 123 Å². The van der Waals surface area contributed by atoms with Gasteiger partial charge in [-0.15, -0.1) is 5.10 Å². The molecule has 1 aromatic heterocycles. The van der Waals surface area contributed by atoms with Crippen LogP contribution in [0.2, 0.25) is 0 Å². The predicted octanol–water partition coefficient (Wildman–Crippen LogP) is 2.65. The lowest BCUT2D eigenvalue weighted by Crippen LogP contribution is -2.22. The van der Waals surface area contributed by atoms with Crippen LogP contribution in [0.3, 0.4) is 0 Å². The number of carbonyl (C=O) groups is 1. The second-order valence-electron chi connectivity index (χ2n) is 4.98. The third-order valence-electron chi connectivity index (χ3n) is 3.21. The lowest BCUT2D eigenvalue weighted by atomic mass is 10.2. The minimum absolute atomic E-state index is 0.0557. The molecule has 1 heterocycles. The maximum absolute atomic E-state index is 11.9. The van der Waals surface area contributed by atoms with E-state index in [-0.39, 0.29) is 30.0 Å². The summed E-state index contributed by atoms with van der Waals surface area (Å²) in [6, 6.07) is 14.7. The molecule has 9 nitrogen and oxygen atoms in total. The van der Waals surface area contributed by atoms with Gasteiger partial charge in [-0.1, -0.05) is 29.4 Å². The van der Waals surface area contributed by atoms with Crippen LogP contribution < -0.4 is 10.6 Å². The van der Waals surface area contributed by atoms with Crippen LogP contribution in [-0.2, 0) is 6.54 Å². The standard InChI is InChI=1S/C16H13N5O4/c22-15(11-5-2-1-3-6-11)17-10-14-19-20-16(25-14)18-12-7-4-8-13(9-12)21(23)24/h1-9H,10H2,(H,17,22)(H,18,20). The molecule has 0 atom stereocenters. The number of hydrogen-bond acceptors (Lipinski definition) is 7. The summed E-state index contributed by atoms with van der Waals surface area (Å²) >= 11 is 0. The number of rotatable bonds is 6. The van der Waals surface area contributed by atoms with Crippen molar-refractivity contribution in [1.82, 2.24) is 15.5 Å². The zero-order valence-corrected chi connectivity index (χ0v) is 12.9. The van der Waals surface area contributed by atoms with E-state index in [1.165, 1.54) is 18.2 Å². The Labute approximate surface area is 141 Å². The maximum Gasteiger partial charge on any atom is 0.320 e. The number of carbonyl (C=O) groups excluding carboxylic acids is 1. The number of non-ortho nitro benzene ring substituents is 1. The number of nitro groups is 1. The molecule has 0 saturated carbocycles. The van der Waals surface area contributed by atoms with E-state index in [0.717, 1.165) is 0 Å². The van der Waals surface area contributed by atoms with Crippen molar-refractivity contribution in [3.05, 3.63) is 76.2 Å². The summed E-state index contributed by atoms with van der Waals surface area (Å²) in [5.74, 6) is -0.0517. The first-order chi connectivity index (χ1) is 12.1. The number of aromatic nitrogens is 2. The predicted molar refractivity (Wildman–Crippen MR) is 88.3 cm³/mol. The fourth-order valence-electron chi connectivity index (χ4n) is 2.04. The molecule has 0 fully saturated rings. The summed E-state index contributed by atoms with van der Waals surface area (Å²) in [5, 5.41) is 23.8. The highest BCUT2D eigenvalue weighted by Crippen LogP contribution is 2.20. The average Bonchev–Trinajstić information content (AvgIpc) is 3.08. The van der Waals surface area contributed by atoms with Gasteiger partial charge in [0.25, 0.3) is 11.6 Å². The van der Waals surface area contributed by atoms with Crippen molar-refractivity contribution in [3.8, 4) is 0 Å². The molecule has 1 amide bonds. The quantitative estimate of drug-likeness (QED) is 0.522.